The first-order valence-electron chi connectivity index (χ1n) is 10.4. The van der Waals surface area contributed by atoms with Crippen LogP contribution < -0.4 is 5.32 Å². The number of nitrogens with zero attached hydrogens (tertiary/aromatic N) is 1. The zero-order valence-electron chi connectivity index (χ0n) is 17.7. The molecule has 2 aromatic rings. The van der Waals surface area contributed by atoms with Crippen LogP contribution in [0.1, 0.15) is 46.3 Å². The summed E-state index contributed by atoms with van der Waals surface area (Å²) in [6.45, 7) is 5.49. The molecule has 30 heavy (non-hydrogen) atoms. The number of amides is 1. The predicted molar refractivity (Wildman–Crippen MR) is 123 cm³/mol. The minimum Gasteiger partial charge on any atom is -0.351 e. The second kappa shape index (κ2) is 10.5. The van der Waals surface area contributed by atoms with Gasteiger partial charge in [-0.1, -0.05) is 42.3 Å². The first-order valence-corrected chi connectivity index (χ1v) is 13.0. The van der Waals surface area contributed by atoms with Crippen LogP contribution in [0.2, 0.25) is 0 Å². The van der Waals surface area contributed by atoms with Gasteiger partial charge in [0.15, 0.2) is 0 Å². The number of hydrogen-bond acceptors (Lipinski definition) is 4. The first kappa shape index (κ1) is 22.8. The van der Waals surface area contributed by atoms with Gasteiger partial charge in [0.25, 0.3) is 5.91 Å². The Labute approximate surface area is 184 Å². The number of sulfonamides is 1. The molecule has 0 aliphatic carbocycles. The molecule has 1 aliphatic rings. The molecule has 0 saturated carbocycles. The standard InChI is InChI=1S/C23H30N2O3S2/c1-18-6-9-20(10-7-18)17-29-15-12-24-23(26)21-11-8-19(2)22(16-21)30(27,28)25-13-4-3-5-14-25/h6-11,16H,3-5,12-15,17H2,1-2H3,(H,24,26). The summed E-state index contributed by atoms with van der Waals surface area (Å²) < 4.78 is 27.6. The van der Waals surface area contributed by atoms with Crippen molar-refractivity contribution in [3.63, 3.8) is 0 Å². The number of aryl methyl sites for hydroxylation is 2. The van der Waals surface area contributed by atoms with Gasteiger partial charge in [0.2, 0.25) is 10.0 Å². The molecular weight excluding hydrogens is 416 g/mol. The molecule has 1 aliphatic heterocycles. The lowest BCUT2D eigenvalue weighted by Gasteiger charge is -2.26. The third-order valence-corrected chi connectivity index (χ3v) is 8.38. The van der Waals surface area contributed by atoms with Crippen molar-refractivity contribution < 1.29 is 13.2 Å². The molecule has 0 spiro atoms. The van der Waals surface area contributed by atoms with Crippen LogP contribution in [0, 0.1) is 13.8 Å². The summed E-state index contributed by atoms with van der Waals surface area (Å²) in [4.78, 5) is 12.8. The normalized spacial score (nSPS) is 15.1. The highest BCUT2D eigenvalue weighted by atomic mass is 32.2. The number of carbonyl (C=O) groups is 1. The van der Waals surface area contributed by atoms with Crippen LogP contribution in [0.3, 0.4) is 0 Å². The Hall–Kier alpha value is -1.83. The minimum atomic E-state index is -3.56. The van der Waals surface area contributed by atoms with Gasteiger partial charge >= 0.3 is 0 Å². The van der Waals surface area contributed by atoms with E-state index in [4.69, 9.17) is 0 Å². The van der Waals surface area contributed by atoms with E-state index in [0.717, 1.165) is 30.8 Å². The van der Waals surface area contributed by atoms with Crippen molar-refractivity contribution in [3.8, 4) is 0 Å². The number of carbonyl (C=O) groups excluding carboxylic acids is 1. The molecule has 3 rings (SSSR count). The van der Waals surface area contributed by atoms with Crippen LogP contribution in [-0.2, 0) is 15.8 Å². The van der Waals surface area contributed by atoms with Crippen molar-refractivity contribution in [1.82, 2.24) is 9.62 Å². The lowest BCUT2D eigenvalue weighted by Crippen LogP contribution is -2.36. The zero-order valence-corrected chi connectivity index (χ0v) is 19.3. The second-order valence-electron chi connectivity index (χ2n) is 7.74. The molecule has 2 aromatic carbocycles. The van der Waals surface area contributed by atoms with E-state index in [1.54, 1.807) is 35.1 Å². The molecular formula is C23H30N2O3S2. The quantitative estimate of drug-likeness (QED) is 0.619. The van der Waals surface area contributed by atoms with E-state index < -0.39 is 10.0 Å². The smallest absolute Gasteiger partial charge is 0.251 e. The molecule has 0 atom stereocenters. The maximum absolute atomic E-state index is 13.0. The zero-order chi connectivity index (χ0) is 21.6. The molecule has 0 aromatic heterocycles. The van der Waals surface area contributed by atoms with Crippen molar-refractivity contribution in [2.24, 2.45) is 0 Å². The Morgan fingerprint density at radius 1 is 1.03 bits per heavy atom. The van der Waals surface area contributed by atoms with Crippen molar-refractivity contribution in [2.45, 2.75) is 43.8 Å². The average Bonchev–Trinajstić information content (AvgIpc) is 2.75. The average molecular weight is 447 g/mol. The Balaban J connectivity index is 1.55. The van der Waals surface area contributed by atoms with Crippen LogP contribution in [-0.4, -0.2) is 44.0 Å². The van der Waals surface area contributed by atoms with Gasteiger partial charge in [-0.3, -0.25) is 4.79 Å². The van der Waals surface area contributed by atoms with E-state index >= 15 is 0 Å². The topological polar surface area (TPSA) is 66.5 Å². The van der Waals surface area contributed by atoms with Gasteiger partial charge in [0.05, 0.1) is 4.90 Å². The predicted octanol–water partition coefficient (Wildman–Crippen LogP) is 4.14. The lowest BCUT2D eigenvalue weighted by atomic mass is 10.1. The number of hydrogen-bond donors (Lipinski definition) is 1. The molecule has 1 N–H and O–H groups in total. The molecule has 1 heterocycles. The summed E-state index contributed by atoms with van der Waals surface area (Å²) in [5.41, 5.74) is 3.57. The molecule has 0 bridgehead atoms. The highest BCUT2D eigenvalue weighted by molar-refractivity contribution is 7.98. The summed E-state index contributed by atoms with van der Waals surface area (Å²) in [5.74, 6) is 1.46. The van der Waals surface area contributed by atoms with Crippen LogP contribution in [0.25, 0.3) is 0 Å². The summed E-state index contributed by atoms with van der Waals surface area (Å²) in [7, 11) is -3.56. The molecule has 1 fully saturated rings. The number of benzene rings is 2. The summed E-state index contributed by atoms with van der Waals surface area (Å²) in [6.07, 6.45) is 2.84. The minimum absolute atomic E-state index is 0.235. The van der Waals surface area contributed by atoms with Gasteiger partial charge in [0.1, 0.15) is 0 Å². The van der Waals surface area contributed by atoms with E-state index in [2.05, 4.69) is 36.5 Å². The largest absolute Gasteiger partial charge is 0.351 e. The Morgan fingerprint density at radius 2 is 1.73 bits per heavy atom. The maximum Gasteiger partial charge on any atom is 0.251 e. The van der Waals surface area contributed by atoms with Crippen LogP contribution in [0.15, 0.2) is 47.4 Å². The molecule has 0 unspecified atom stereocenters. The molecule has 7 heteroatoms. The van der Waals surface area contributed by atoms with Crippen LogP contribution in [0.4, 0.5) is 0 Å². The summed E-state index contributed by atoms with van der Waals surface area (Å²) in [5, 5.41) is 2.90. The highest BCUT2D eigenvalue weighted by Crippen LogP contribution is 2.24. The second-order valence-corrected chi connectivity index (χ2v) is 10.8. The van der Waals surface area contributed by atoms with Crippen molar-refractivity contribution in [3.05, 3.63) is 64.7 Å². The fraction of sp³-hybridized carbons (Fsp3) is 0.435. The fourth-order valence-electron chi connectivity index (χ4n) is 3.48. The Morgan fingerprint density at radius 3 is 2.43 bits per heavy atom. The highest BCUT2D eigenvalue weighted by Gasteiger charge is 2.28. The summed E-state index contributed by atoms with van der Waals surface area (Å²) >= 11 is 1.76. The van der Waals surface area contributed by atoms with E-state index in [-0.39, 0.29) is 10.8 Å². The molecule has 0 radical (unpaired) electrons. The first-order chi connectivity index (χ1) is 14.4. The van der Waals surface area contributed by atoms with E-state index in [1.807, 2.05) is 0 Å². The van der Waals surface area contributed by atoms with Crippen molar-refractivity contribution in [1.29, 1.82) is 0 Å². The number of rotatable bonds is 8. The van der Waals surface area contributed by atoms with E-state index in [0.29, 0.717) is 30.8 Å². The van der Waals surface area contributed by atoms with Crippen molar-refractivity contribution in [2.75, 3.05) is 25.4 Å². The molecule has 1 amide bonds. The van der Waals surface area contributed by atoms with Crippen molar-refractivity contribution >= 4 is 27.7 Å². The van der Waals surface area contributed by atoms with Gasteiger partial charge in [-0.05, 0) is 49.9 Å². The van der Waals surface area contributed by atoms with Crippen LogP contribution >= 0.6 is 11.8 Å². The third-order valence-electron chi connectivity index (χ3n) is 5.30. The number of nitrogens with one attached hydrogen (secondary N) is 1. The van der Waals surface area contributed by atoms with Gasteiger partial charge in [-0.15, -0.1) is 0 Å². The van der Waals surface area contributed by atoms with E-state index in [9.17, 15) is 13.2 Å². The van der Waals surface area contributed by atoms with Gasteiger partial charge < -0.3 is 5.32 Å². The van der Waals surface area contributed by atoms with Gasteiger partial charge in [0, 0.05) is 36.7 Å². The number of thioether (sulfide) groups is 1. The molecule has 5 nitrogen and oxygen atoms in total. The Kier molecular flexibility index (Phi) is 7.97. The SMILES string of the molecule is Cc1ccc(CSCCNC(=O)c2ccc(C)c(S(=O)(=O)N3CCCCC3)c2)cc1. The Bertz CT molecular complexity index is 966. The van der Waals surface area contributed by atoms with Gasteiger partial charge in [-0.2, -0.15) is 16.1 Å². The fourth-order valence-corrected chi connectivity index (χ4v) is 6.06. The van der Waals surface area contributed by atoms with Gasteiger partial charge in [-0.25, -0.2) is 8.42 Å². The molecule has 162 valence electrons. The maximum atomic E-state index is 13.0. The number of piperidine rings is 1. The van der Waals surface area contributed by atoms with Crippen LogP contribution in [0.5, 0.6) is 0 Å². The molecule has 1 saturated heterocycles. The lowest BCUT2D eigenvalue weighted by molar-refractivity contribution is 0.0956. The third kappa shape index (κ3) is 5.86. The monoisotopic (exact) mass is 446 g/mol. The van der Waals surface area contributed by atoms with E-state index in [1.165, 1.54) is 17.2 Å². The summed E-state index contributed by atoms with van der Waals surface area (Å²) in [6, 6.07) is 13.4.